The van der Waals surface area contributed by atoms with Gasteiger partial charge in [-0.1, -0.05) is 30.3 Å². The average Bonchev–Trinajstić information content (AvgIpc) is 2.88. The van der Waals surface area contributed by atoms with E-state index in [1.165, 1.54) is 0 Å². The molecule has 0 fully saturated rings. The third-order valence-electron chi connectivity index (χ3n) is 3.88. The van der Waals surface area contributed by atoms with E-state index in [-0.39, 0.29) is 5.91 Å². The van der Waals surface area contributed by atoms with Crippen molar-refractivity contribution in [3.8, 4) is 0 Å². The highest BCUT2D eigenvalue weighted by molar-refractivity contribution is 5.78. The number of imidazole rings is 1. The van der Waals surface area contributed by atoms with Crippen molar-refractivity contribution in [3.63, 3.8) is 0 Å². The van der Waals surface area contributed by atoms with E-state index in [2.05, 4.69) is 20.6 Å². The first-order valence-electron chi connectivity index (χ1n) is 7.63. The third kappa shape index (κ3) is 3.36. The van der Waals surface area contributed by atoms with Gasteiger partial charge in [-0.05, 0) is 19.7 Å². The van der Waals surface area contributed by atoms with Crippen LogP contribution in [0.5, 0.6) is 0 Å². The van der Waals surface area contributed by atoms with Gasteiger partial charge in [0, 0.05) is 25.8 Å². The Balaban J connectivity index is 1.66. The number of benzene rings is 1. The molecule has 22 heavy (non-hydrogen) atoms. The fraction of sp³-hybridized carbons (Fsp3) is 0.412. The lowest BCUT2D eigenvalue weighted by atomic mass is 10.1. The molecule has 2 aromatic rings. The molecule has 1 aliphatic heterocycles. The minimum Gasteiger partial charge on any atom is -0.333 e. The number of nitrogens with zero attached hydrogens (tertiary/aromatic N) is 4. The Morgan fingerprint density at radius 3 is 2.73 bits per heavy atom. The van der Waals surface area contributed by atoms with E-state index in [4.69, 9.17) is 0 Å². The zero-order chi connectivity index (χ0) is 15.5. The normalized spacial score (nSPS) is 14.2. The van der Waals surface area contributed by atoms with E-state index in [1.807, 2.05) is 49.3 Å². The van der Waals surface area contributed by atoms with Crippen LogP contribution in [0.2, 0.25) is 0 Å². The molecule has 116 valence electrons. The van der Waals surface area contributed by atoms with Crippen molar-refractivity contribution < 1.29 is 4.79 Å². The molecule has 1 amide bonds. The van der Waals surface area contributed by atoms with Crippen LogP contribution >= 0.6 is 0 Å². The molecule has 1 aliphatic rings. The molecule has 0 unspecified atom stereocenters. The summed E-state index contributed by atoms with van der Waals surface area (Å²) in [5.41, 5.74) is 2.13. The van der Waals surface area contributed by atoms with Gasteiger partial charge < -0.3 is 14.4 Å². The molecule has 5 heteroatoms. The van der Waals surface area contributed by atoms with Gasteiger partial charge in [0.25, 0.3) is 0 Å². The second-order valence-electron chi connectivity index (χ2n) is 6.06. The van der Waals surface area contributed by atoms with Gasteiger partial charge in [-0.15, -0.1) is 0 Å². The van der Waals surface area contributed by atoms with Crippen LogP contribution in [0.4, 0.5) is 0 Å². The Morgan fingerprint density at radius 1 is 1.23 bits per heavy atom. The molecule has 3 rings (SSSR count). The first-order chi connectivity index (χ1) is 10.6. The summed E-state index contributed by atoms with van der Waals surface area (Å²) in [6.45, 7) is 3.03. The van der Waals surface area contributed by atoms with E-state index < -0.39 is 0 Å². The van der Waals surface area contributed by atoms with Crippen LogP contribution < -0.4 is 0 Å². The molecule has 0 saturated carbocycles. The quantitative estimate of drug-likeness (QED) is 0.859. The van der Waals surface area contributed by atoms with Gasteiger partial charge in [-0.2, -0.15) is 0 Å². The molecule has 1 aromatic carbocycles. The number of hydrogen-bond donors (Lipinski definition) is 0. The molecule has 2 heterocycles. The van der Waals surface area contributed by atoms with Gasteiger partial charge >= 0.3 is 0 Å². The molecule has 0 atom stereocenters. The first-order valence-corrected chi connectivity index (χ1v) is 7.63. The lowest BCUT2D eigenvalue weighted by Crippen LogP contribution is -2.39. The standard InChI is InChI=1S/C17H22N4O/c1-19(2)11-15-12-20-8-9-21(13-16(20)18-15)17(22)10-14-6-4-3-5-7-14/h3-7,12H,8-11,13H2,1-2H3. The van der Waals surface area contributed by atoms with Crippen molar-refractivity contribution in [1.82, 2.24) is 19.4 Å². The fourth-order valence-corrected chi connectivity index (χ4v) is 2.81. The highest BCUT2D eigenvalue weighted by Crippen LogP contribution is 2.15. The average molecular weight is 298 g/mol. The number of amides is 1. The highest BCUT2D eigenvalue weighted by Gasteiger charge is 2.22. The molecule has 0 radical (unpaired) electrons. The van der Waals surface area contributed by atoms with Gasteiger partial charge in [-0.25, -0.2) is 4.98 Å². The van der Waals surface area contributed by atoms with Crippen molar-refractivity contribution in [2.24, 2.45) is 0 Å². The van der Waals surface area contributed by atoms with Gasteiger partial charge in [0.1, 0.15) is 5.82 Å². The van der Waals surface area contributed by atoms with E-state index in [1.54, 1.807) is 0 Å². The number of carbonyl (C=O) groups is 1. The Hall–Kier alpha value is -2.14. The van der Waals surface area contributed by atoms with E-state index in [9.17, 15) is 4.79 Å². The molecule has 5 nitrogen and oxygen atoms in total. The van der Waals surface area contributed by atoms with E-state index >= 15 is 0 Å². The van der Waals surface area contributed by atoms with Crippen molar-refractivity contribution >= 4 is 5.91 Å². The number of fused-ring (bicyclic) bond motifs is 1. The van der Waals surface area contributed by atoms with Gasteiger partial charge in [-0.3, -0.25) is 4.79 Å². The monoisotopic (exact) mass is 298 g/mol. The summed E-state index contributed by atoms with van der Waals surface area (Å²) in [7, 11) is 4.07. The maximum Gasteiger partial charge on any atom is 0.227 e. The second-order valence-corrected chi connectivity index (χ2v) is 6.06. The summed E-state index contributed by atoms with van der Waals surface area (Å²) in [5, 5.41) is 0. The Labute approximate surface area is 131 Å². The second kappa shape index (κ2) is 6.32. The lowest BCUT2D eigenvalue weighted by molar-refractivity contribution is -0.132. The molecule has 0 aliphatic carbocycles. The molecular formula is C17H22N4O. The fourth-order valence-electron chi connectivity index (χ4n) is 2.81. The Morgan fingerprint density at radius 2 is 2.00 bits per heavy atom. The van der Waals surface area contributed by atoms with Crippen molar-refractivity contribution in [1.29, 1.82) is 0 Å². The number of hydrogen-bond acceptors (Lipinski definition) is 3. The molecule has 0 saturated heterocycles. The largest absolute Gasteiger partial charge is 0.333 e. The van der Waals surface area contributed by atoms with Crippen LogP contribution in [0.25, 0.3) is 0 Å². The van der Waals surface area contributed by atoms with Gasteiger partial charge in [0.2, 0.25) is 5.91 Å². The zero-order valence-corrected chi connectivity index (χ0v) is 13.2. The van der Waals surface area contributed by atoms with Crippen LogP contribution in [0.15, 0.2) is 36.5 Å². The molecule has 0 spiro atoms. The van der Waals surface area contributed by atoms with Gasteiger partial charge in [0.15, 0.2) is 0 Å². The number of aromatic nitrogens is 2. The van der Waals surface area contributed by atoms with E-state index in [0.717, 1.165) is 36.7 Å². The maximum absolute atomic E-state index is 12.4. The molecular weight excluding hydrogens is 276 g/mol. The minimum absolute atomic E-state index is 0.176. The minimum atomic E-state index is 0.176. The topological polar surface area (TPSA) is 41.4 Å². The first kappa shape index (κ1) is 14.8. The third-order valence-corrected chi connectivity index (χ3v) is 3.88. The smallest absolute Gasteiger partial charge is 0.227 e. The summed E-state index contributed by atoms with van der Waals surface area (Å²) in [5.74, 6) is 1.17. The summed E-state index contributed by atoms with van der Waals surface area (Å²) in [6, 6.07) is 9.91. The zero-order valence-electron chi connectivity index (χ0n) is 13.2. The van der Waals surface area contributed by atoms with Crippen LogP contribution in [0, 0.1) is 0 Å². The molecule has 0 N–H and O–H groups in total. The van der Waals surface area contributed by atoms with Crippen molar-refractivity contribution in [2.45, 2.75) is 26.1 Å². The lowest BCUT2D eigenvalue weighted by Gasteiger charge is -2.27. The Bertz CT molecular complexity index is 648. The molecule has 1 aromatic heterocycles. The highest BCUT2D eigenvalue weighted by atomic mass is 16.2. The van der Waals surface area contributed by atoms with Crippen LogP contribution in [-0.4, -0.2) is 45.9 Å². The Kier molecular flexibility index (Phi) is 4.24. The SMILES string of the molecule is CN(C)Cc1cn2c(n1)CN(C(=O)Cc1ccccc1)CC2. The van der Waals surface area contributed by atoms with E-state index in [0.29, 0.717) is 13.0 Å². The maximum atomic E-state index is 12.4. The number of carbonyl (C=O) groups excluding carboxylic acids is 1. The summed E-state index contributed by atoms with van der Waals surface area (Å²) in [4.78, 5) is 21.1. The van der Waals surface area contributed by atoms with Crippen LogP contribution in [-0.2, 0) is 30.8 Å². The van der Waals surface area contributed by atoms with Crippen LogP contribution in [0.3, 0.4) is 0 Å². The summed E-state index contributed by atoms with van der Waals surface area (Å²) in [6.07, 6.45) is 2.57. The van der Waals surface area contributed by atoms with Crippen LogP contribution in [0.1, 0.15) is 17.1 Å². The predicted molar refractivity (Wildman–Crippen MR) is 85.2 cm³/mol. The number of rotatable bonds is 4. The van der Waals surface area contributed by atoms with Gasteiger partial charge in [0.05, 0.1) is 18.7 Å². The molecule has 0 bridgehead atoms. The predicted octanol–water partition coefficient (Wildman–Crippen LogP) is 1.53. The van der Waals surface area contributed by atoms with Crippen molar-refractivity contribution in [3.05, 3.63) is 53.6 Å². The summed E-state index contributed by atoms with van der Waals surface area (Å²) >= 11 is 0. The summed E-state index contributed by atoms with van der Waals surface area (Å²) < 4.78 is 2.17. The van der Waals surface area contributed by atoms with Crippen molar-refractivity contribution in [2.75, 3.05) is 20.6 Å².